The summed E-state index contributed by atoms with van der Waals surface area (Å²) in [5.74, 6) is -0.282. The largest absolute Gasteiger partial charge is 0.364 e. The molecule has 0 fully saturated rings. The first kappa shape index (κ1) is 10.9. The quantitative estimate of drug-likeness (QED) is 0.712. The molecule has 0 saturated carbocycles. The van der Waals surface area contributed by atoms with Crippen LogP contribution in [0.15, 0.2) is 42.5 Å². The minimum Gasteiger partial charge on any atom is -0.364 e. The van der Waals surface area contributed by atoms with Gasteiger partial charge in [-0.3, -0.25) is 0 Å². The second-order valence-electron chi connectivity index (χ2n) is 3.75. The van der Waals surface area contributed by atoms with E-state index in [0.717, 1.165) is 19.4 Å². The number of benzene rings is 1. The standard InChI is InChI=1S/C13H15NO2/c15-13(12-8-4-3-5-9-12)16-14-10-6-1-2-7-11-14/h1,3-6,8-9H,2,7,10-11H2. The van der Waals surface area contributed by atoms with Crippen LogP contribution in [-0.4, -0.2) is 24.1 Å². The van der Waals surface area contributed by atoms with Gasteiger partial charge in [0.2, 0.25) is 0 Å². The van der Waals surface area contributed by atoms with Crippen LogP contribution in [0.1, 0.15) is 23.2 Å². The van der Waals surface area contributed by atoms with Crippen molar-refractivity contribution in [3.8, 4) is 0 Å². The molecule has 0 amide bonds. The zero-order valence-corrected chi connectivity index (χ0v) is 9.13. The van der Waals surface area contributed by atoms with Crippen LogP contribution in [-0.2, 0) is 4.84 Å². The van der Waals surface area contributed by atoms with Crippen LogP contribution in [0.2, 0.25) is 0 Å². The van der Waals surface area contributed by atoms with Crippen molar-refractivity contribution in [3.63, 3.8) is 0 Å². The van der Waals surface area contributed by atoms with E-state index in [1.807, 2.05) is 24.3 Å². The lowest BCUT2D eigenvalue weighted by Crippen LogP contribution is -2.27. The third-order valence-electron chi connectivity index (χ3n) is 2.48. The summed E-state index contributed by atoms with van der Waals surface area (Å²) < 4.78 is 0. The number of hydrogen-bond donors (Lipinski definition) is 0. The van der Waals surface area contributed by atoms with Crippen molar-refractivity contribution >= 4 is 5.97 Å². The summed E-state index contributed by atoms with van der Waals surface area (Å²) in [4.78, 5) is 17.0. The number of carbonyl (C=O) groups excluding carboxylic acids is 1. The van der Waals surface area contributed by atoms with E-state index in [1.54, 1.807) is 17.2 Å². The Balaban J connectivity index is 1.94. The van der Waals surface area contributed by atoms with E-state index in [4.69, 9.17) is 4.84 Å². The van der Waals surface area contributed by atoms with E-state index >= 15 is 0 Å². The molecular formula is C13H15NO2. The average molecular weight is 217 g/mol. The monoisotopic (exact) mass is 217 g/mol. The second kappa shape index (κ2) is 5.47. The normalized spacial score (nSPS) is 16.8. The Hall–Kier alpha value is -1.61. The minimum atomic E-state index is -0.282. The molecule has 0 N–H and O–H groups in total. The van der Waals surface area contributed by atoms with E-state index < -0.39 is 0 Å². The lowest BCUT2D eigenvalue weighted by atomic mass is 10.2. The number of nitrogens with zero attached hydrogens (tertiary/aromatic N) is 1. The van der Waals surface area contributed by atoms with E-state index in [9.17, 15) is 4.79 Å². The Morgan fingerprint density at radius 1 is 1.19 bits per heavy atom. The topological polar surface area (TPSA) is 29.5 Å². The Labute approximate surface area is 95.3 Å². The van der Waals surface area contributed by atoms with Crippen molar-refractivity contribution in [3.05, 3.63) is 48.0 Å². The van der Waals surface area contributed by atoms with Gasteiger partial charge < -0.3 is 4.84 Å². The zero-order chi connectivity index (χ0) is 11.2. The molecule has 1 aromatic carbocycles. The number of rotatable bonds is 2. The van der Waals surface area contributed by atoms with Gasteiger partial charge in [0.25, 0.3) is 0 Å². The third-order valence-corrected chi connectivity index (χ3v) is 2.48. The molecule has 0 atom stereocenters. The summed E-state index contributed by atoms with van der Waals surface area (Å²) >= 11 is 0. The fourth-order valence-electron chi connectivity index (χ4n) is 1.61. The van der Waals surface area contributed by atoms with Gasteiger partial charge in [0.05, 0.1) is 12.1 Å². The first-order valence-corrected chi connectivity index (χ1v) is 5.53. The lowest BCUT2D eigenvalue weighted by Gasteiger charge is -2.17. The molecule has 0 spiro atoms. The first-order valence-electron chi connectivity index (χ1n) is 5.53. The van der Waals surface area contributed by atoms with E-state index in [0.29, 0.717) is 12.1 Å². The van der Waals surface area contributed by atoms with E-state index in [2.05, 4.69) is 6.08 Å². The maximum Gasteiger partial charge on any atom is 0.357 e. The molecule has 2 rings (SSSR count). The third kappa shape index (κ3) is 2.94. The van der Waals surface area contributed by atoms with Gasteiger partial charge in [-0.25, -0.2) is 4.79 Å². The summed E-state index contributed by atoms with van der Waals surface area (Å²) in [6.45, 7) is 1.48. The van der Waals surface area contributed by atoms with Crippen LogP contribution in [0.3, 0.4) is 0 Å². The van der Waals surface area contributed by atoms with Gasteiger partial charge in [-0.15, -0.1) is 5.06 Å². The van der Waals surface area contributed by atoms with Gasteiger partial charge in [-0.2, -0.15) is 0 Å². The summed E-state index contributed by atoms with van der Waals surface area (Å²) in [7, 11) is 0. The molecule has 1 aliphatic rings. The summed E-state index contributed by atoms with van der Waals surface area (Å²) in [5.41, 5.74) is 0.593. The minimum absolute atomic E-state index is 0.282. The van der Waals surface area contributed by atoms with Gasteiger partial charge in [0.15, 0.2) is 0 Å². The number of hydroxylamine groups is 2. The molecule has 0 saturated heterocycles. The van der Waals surface area contributed by atoms with Gasteiger partial charge in [0, 0.05) is 6.54 Å². The molecule has 1 heterocycles. The summed E-state index contributed by atoms with van der Waals surface area (Å²) in [6, 6.07) is 9.06. The average Bonchev–Trinajstić information content (AvgIpc) is 2.59. The molecule has 3 nitrogen and oxygen atoms in total. The maximum atomic E-state index is 11.7. The van der Waals surface area contributed by atoms with E-state index in [1.165, 1.54) is 0 Å². The molecule has 0 unspecified atom stereocenters. The summed E-state index contributed by atoms with van der Waals surface area (Å²) in [5, 5.41) is 1.71. The van der Waals surface area contributed by atoms with Crippen LogP contribution in [0.4, 0.5) is 0 Å². The molecule has 1 aliphatic heterocycles. The SMILES string of the molecule is O=C(ON1CC=CCCC1)c1ccccc1. The van der Waals surface area contributed by atoms with Crippen molar-refractivity contribution in [2.75, 3.05) is 13.1 Å². The summed E-state index contributed by atoms with van der Waals surface area (Å²) in [6.07, 6.45) is 6.24. The van der Waals surface area contributed by atoms with Gasteiger partial charge in [-0.05, 0) is 25.0 Å². The highest BCUT2D eigenvalue weighted by Gasteiger charge is 2.13. The lowest BCUT2D eigenvalue weighted by molar-refractivity contribution is -0.101. The molecule has 0 aromatic heterocycles. The highest BCUT2D eigenvalue weighted by molar-refractivity contribution is 5.89. The smallest absolute Gasteiger partial charge is 0.357 e. The molecule has 0 bridgehead atoms. The Morgan fingerprint density at radius 2 is 2.00 bits per heavy atom. The highest BCUT2D eigenvalue weighted by atomic mass is 16.7. The predicted octanol–water partition coefficient (Wildman–Crippen LogP) is 2.41. The van der Waals surface area contributed by atoms with Crippen LogP contribution in [0.25, 0.3) is 0 Å². The van der Waals surface area contributed by atoms with Gasteiger partial charge in [-0.1, -0.05) is 30.4 Å². The first-order chi connectivity index (χ1) is 7.86. The fraction of sp³-hybridized carbons (Fsp3) is 0.308. The Kier molecular flexibility index (Phi) is 3.72. The maximum absolute atomic E-state index is 11.7. The van der Waals surface area contributed by atoms with Crippen molar-refractivity contribution in [1.29, 1.82) is 0 Å². The predicted molar refractivity (Wildman–Crippen MR) is 61.8 cm³/mol. The molecule has 0 aliphatic carbocycles. The molecule has 1 aromatic rings. The Morgan fingerprint density at radius 3 is 2.81 bits per heavy atom. The number of allylic oxidation sites excluding steroid dienone is 1. The van der Waals surface area contributed by atoms with Crippen LogP contribution < -0.4 is 0 Å². The molecule has 84 valence electrons. The molecular weight excluding hydrogens is 202 g/mol. The van der Waals surface area contributed by atoms with Crippen molar-refractivity contribution < 1.29 is 9.63 Å². The van der Waals surface area contributed by atoms with Crippen LogP contribution in [0, 0.1) is 0 Å². The van der Waals surface area contributed by atoms with Crippen molar-refractivity contribution in [2.45, 2.75) is 12.8 Å². The van der Waals surface area contributed by atoms with Crippen molar-refractivity contribution in [1.82, 2.24) is 5.06 Å². The van der Waals surface area contributed by atoms with Gasteiger partial charge >= 0.3 is 5.97 Å². The van der Waals surface area contributed by atoms with Crippen LogP contribution in [0.5, 0.6) is 0 Å². The zero-order valence-electron chi connectivity index (χ0n) is 9.13. The van der Waals surface area contributed by atoms with Crippen molar-refractivity contribution in [2.24, 2.45) is 0 Å². The van der Waals surface area contributed by atoms with E-state index in [-0.39, 0.29) is 5.97 Å². The molecule has 16 heavy (non-hydrogen) atoms. The second-order valence-corrected chi connectivity index (χ2v) is 3.75. The molecule has 3 heteroatoms. The van der Waals surface area contributed by atoms with Gasteiger partial charge in [0.1, 0.15) is 0 Å². The number of hydrogen-bond acceptors (Lipinski definition) is 3. The fourth-order valence-corrected chi connectivity index (χ4v) is 1.61. The molecule has 0 radical (unpaired) electrons. The van der Waals surface area contributed by atoms with Crippen LogP contribution >= 0.6 is 0 Å². The Bertz CT molecular complexity index is 373. The highest BCUT2D eigenvalue weighted by Crippen LogP contribution is 2.07. The number of carbonyl (C=O) groups is 1.